The van der Waals surface area contributed by atoms with Crippen molar-refractivity contribution in [3.8, 4) is 6.07 Å². The number of rotatable bonds is 8. The molecule has 2 aromatic carbocycles. The highest BCUT2D eigenvalue weighted by Crippen LogP contribution is 2.44. The van der Waals surface area contributed by atoms with Crippen molar-refractivity contribution >= 4 is 29.3 Å². The van der Waals surface area contributed by atoms with Gasteiger partial charge in [-0.05, 0) is 30.2 Å². The molecule has 1 unspecified atom stereocenters. The molecule has 41 heavy (non-hydrogen) atoms. The van der Waals surface area contributed by atoms with Crippen LogP contribution in [0.1, 0.15) is 35.2 Å². The fourth-order valence-corrected chi connectivity index (χ4v) is 4.96. The van der Waals surface area contributed by atoms with E-state index < -0.39 is 23.8 Å². The predicted molar refractivity (Wildman–Crippen MR) is 150 cm³/mol. The van der Waals surface area contributed by atoms with Gasteiger partial charge in [0.2, 0.25) is 0 Å². The fraction of sp³-hybridized carbons (Fsp3) is 0.333. The zero-order chi connectivity index (χ0) is 29.5. The number of nitriles is 1. The lowest BCUT2D eigenvalue weighted by Crippen LogP contribution is -2.41. The average Bonchev–Trinajstić information content (AvgIpc) is 3.02. The van der Waals surface area contributed by atoms with E-state index in [1.165, 1.54) is 25.2 Å². The molecule has 1 fully saturated rings. The van der Waals surface area contributed by atoms with Gasteiger partial charge in [0.05, 0.1) is 68.4 Å². The SMILES string of the molecule is CCCOC(=O)c1cc(N2C(N)=C(C#N)C(c3ccccc3)C(C(=O)OC)=C2C(=O)OC)ccc1N1CCOCC1. The summed E-state index contributed by atoms with van der Waals surface area (Å²) in [4.78, 5) is 43.2. The third-order valence-corrected chi connectivity index (χ3v) is 6.86. The van der Waals surface area contributed by atoms with E-state index in [4.69, 9.17) is 24.7 Å². The van der Waals surface area contributed by atoms with Crippen molar-refractivity contribution in [2.75, 3.05) is 56.9 Å². The van der Waals surface area contributed by atoms with Gasteiger partial charge in [-0.15, -0.1) is 0 Å². The normalized spacial score (nSPS) is 17.2. The second-order valence-corrected chi connectivity index (χ2v) is 9.27. The number of benzene rings is 2. The van der Waals surface area contributed by atoms with E-state index in [2.05, 4.69) is 6.07 Å². The third kappa shape index (κ3) is 5.73. The predicted octanol–water partition coefficient (Wildman–Crippen LogP) is 2.99. The number of carbonyl (C=O) groups excluding carboxylic acids is 3. The summed E-state index contributed by atoms with van der Waals surface area (Å²) in [6, 6.07) is 15.8. The number of nitrogens with two attached hydrogens (primary N) is 1. The van der Waals surface area contributed by atoms with Crippen molar-refractivity contribution in [3.63, 3.8) is 0 Å². The minimum Gasteiger partial charge on any atom is -0.466 e. The Morgan fingerprint density at radius 2 is 1.71 bits per heavy atom. The molecule has 0 bridgehead atoms. The first-order chi connectivity index (χ1) is 19.9. The highest BCUT2D eigenvalue weighted by atomic mass is 16.5. The molecule has 2 aliphatic heterocycles. The molecule has 0 saturated carbocycles. The first kappa shape index (κ1) is 29.2. The van der Waals surface area contributed by atoms with Crippen LogP contribution in [0.15, 0.2) is 71.2 Å². The Morgan fingerprint density at radius 3 is 2.32 bits per heavy atom. The minimum atomic E-state index is -0.999. The van der Waals surface area contributed by atoms with Gasteiger partial charge < -0.3 is 29.6 Å². The van der Waals surface area contributed by atoms with E-state index in [0.29, 0.717) is 44.0 Å². The van der Waals surface area contributed by atoms with Crippen LogP contribution in [0.3, 0.4) is 0 Å². The lowest BCUT2D eigenvalue weighted by atomic mass is 9.81. The molecule has 2 heterocycles. The van der Waals surface area contributed by atoms with Gasteiger partial charge in [0.1, 0.15) is 11.5 Å². The molecule has 0 amide bonds. The van der Waals surface area contributed by atoms with Gasteiger partial charge in [0, 0.05) is 18.8 Å². The number of methoxy groups -OCH3 is 2. The number of esters is 3. The largest absolute Gasteiger partial charge is 0.466 e. The number of morpholine rings is 1. The highest BCUT2D eigenvalue weighted by Gasteiger charge is 2.43. The van der Waals surface area contributed by atoms with E-state index in [9.17, 15) is 19.6 Å². The lowest BCUT2D eigenvalue weighted by Gasteiger charge is -2.36. The van der Waals surface area contributed by atoms with Crippen molar-refractivity contribution in [1.29, 1.82) is 5.26 Å². The first-order valence-corrected chi connectivity index (χ1v) is 13.2. The number of nitrogens with zero attached hydrogens (tertiary/aromatic N) is 3. The van der Waals surface area contributed by atoms with Crippen LogP contribution in [0.2, 0.25) is 0 Å². The number of ether oxygens (including phenoxy) is 4. The Labute approximate surface area is 238 Å². The number of hydrogen-bond acceptors (Lipinski definition) is 11. The maximum atomic E-state index is 13.4. The summed E-state index contributed by atoms with van der Waals surface area (Å²) in [6.45, 7) is 4.23. The first-order valence-electron chi connectivity index (χ1n) is 13.2. The molecule has 11 nitrogen and oxygen atoms in total. The molecular formula is C30H32N4O7. The summed E-state index contributed by atoms with van der Waals surface area (Å²) in [6.07, 6.45) is 0.629. The molecule has 0 radical (unpaired) electrons. The monoisotopic (exact) mass is 560 g/mol. The van der Waals surface area contributed by atoms with Gasteiger partial charge in [-0.1, -0.05) is 37.3 Å². The van der Waals surface area contributed by atoms with Crippen LogP contribution in [0.4, 0.5) is 11.4 Å². The van der Waals surface area contributed by atoms with Gasteiger partial charge in [-0.2, -0.15) is 5.26 Å². The maximum Gasteiger partial charge on any atom is 0.355 e. The van der Waals surface area contributed by atoms with Crippen LogP contribution in [0.5, 0.6) is 0 Å². The molecule has 2 aliphatic rings. The molecular weight excluding hydrogens is 528 g/mol. The topological polar surface area (TPSA) is 144 Å². The molecule has 0 aliphatic carbocycles. The van der Waals surface area contributed by atoms with Crippen LogP contribution in [0.25, 0.3) is 0 Å². The summed E-state index contributed by atoms with van der Waals surface area (Å²) < 4.78 is 21.1. The van der Waals surface area contributed by atoms with Gasteiger partial charge in [-0.3, -0.25) is 4.90 Å². The fourth-order valence-electron chi connectivity index (χ4n) is 4.96. The van der Waals surface area contributed by atoms with E-state index >= 15 is 0 Å². The third-order valence-electron chi connectivity index (χ3n) is 6.86. The molecule has 2 N–H and O–H groups in total. The molecule has 0 spiro atoms. The molecule has 4 rings (SSSR count). The van der Waals surface area contributed by atoms with Crippen LogP contribution in [-0.2, 0) is 28.5 Å². The number of allylic oxidation sites excluding steroid dienone is 1. The molecule has 1 saturated heterocycles. The van der Waals surface area contributed by atoms with Gasteiger partial charge >= 0.3 is 17.9 Å². The van der Waals surface area contributed by atoms with Crippen molar-refractivity contribution in [3.05, 3.63) is 82.3 Å². The summed E-state index contributed by atoms with van der Waals surface area (Å²) in [7, 11) is 2.36. The van der Waals surface area contributed by atoms with E-state index in [-0.39, 0.29) is 40.5 Å². The Bertz CT molecular complexity index is 1420. The smallest absolute Gasteiger partial charge is 0.355 e. The second-order valence-electron chi connectivity index (χ2n) is 9.27. The highest BCUT2D eigenvalue weighted by molar-refractivity contribution is 6.07. The number of hydrogen-bond donors (Lipinski definition) is 1. The quantitative estimate of drug-likeness (QED) is 0.376. The zero-order valence-corrected chi connectivity index (χ0v) is 23.2. The summed E-state index contributed by atoms with van der Waals surface area (Å²) in [5, 5.41) is 10.3. The summed E-state index contributed by atoms with van der Waals surface area (Å²) in [5.74, 6) is -3.37. The van der Waals surface area contributed by atoms with Crippen LogP contribution in [-0.4, -0.2) is 65.0 Å². The van der Waals surface area contributed by atoms with Crippen molar-refractivity contribution < 1.29 is 33.3 Å². The molecule has 0 aromatic heterocycles. The minimum absolute atomic E-state index is 0.0246. The molecule has 11 heteroatoms. The Hall–Kier alpha value is -4.82. The second kappa shape index (κ2) is 13.0. The Kier molecular flexibility index (Phi) is 9.26. The summed E-state index contributed by atoms with van der Waals surface area (Å²) in [5.41, 5.74) is 7.96. The number of anilines is 2. The van der Waals surface area contributed by atoms with E-state index in [1.807, 2.05) is 11.8 Å². The average molecular weight is 561 g/mol. The van der Waals surface area contributed by atoms with E-state index in [1.54, 1.807) is 42.5 Å². The van der Waals surface area contributed by atoms with Gasteiger partial charge in [0.25, 0.3) is 0 Å². The van der Waals surface area contributed by atoms with Crippen LogP contribution in [0, 0.1) is 11.3 Å². The number of carbonyl (C=O) groups is 3. The Balaban J connectivity index is 1.98. The zero-order valence-electron chi connectivity index (χ0n) is 23.2. The van der Waals surface area contributed by atoms with Crippen molar-refractivity contribution in [2.24, 2.45) is 5.73 Å². The Morgan fingerprint density at radius 1 is 1.02 bits per heavy atom. The molecule has 1 atom stereocenters. The van der Waals surface area contributed by atoms with Gasteiger partial charge in [-0.25, -0.2) is 14.4 Å². The molecule has 2 aromatic rings. The van der Waals surface area contributed by atoms with Gasteiger partial charge in [0.15, 0.2) is 0 Å². The standard InChI is InChI=1S/C30H32N4O7/c1-4-14-41-28(35)21-17-20(10-11-23(21)33-12-15-40-16-13-33)34-26(30(37)39-3)25(29(36)38-2)24(22(18-31)27(34)32)19-8-6-5-7-9-19/h5-11,17,24H,4,12-16,32H2,1-3H3. The van der Waals surface area contributed by atoms with Crippen molar-refractivity contribution in [1.82, 2.24) is 0 Å². The maximum absolute atomic E-state index is 13.4. The summed E-state index contributed by atoms with van der Waals surface area (Å²) >= 11 is 0. The van der Waals surface area contributed by atoms with E-state index in [0.717, 1.165) is 0 Å². The van der Waals surface area contributed by atoms with Crippen LogP contribution < -0.4 is 15.5 Å². The molecule has 214 valence electrons. The van der Waals surface area contributed by atoms with Crippen molar-refractivity contribution in [2.45, 2.75) is 19.3 Å². The lowest BCUT2D eigenvalue weighted by molar-refractivity contribution is -0.139. The van der Waals surface area contributed by atoms with Crippen LogP contribution >= 0.6 is 0 Å².